The number of ether oxygens (including phenoxy) is 2. The normalized spacial score (nSPS) is 14.5. The van der Waals surface area contributed by atoms with Gasteiger partial charge >= 0.3 is 0 Å². The van der Waals surface area contributed by atoms with Crippen molar-refractivity contribution in [2.45, 2.75) is 63.3 Å². The molecule has 0 heterocycles. The zero-order valence-corrected chi connectivity index (χ0v) is 14.8. The van der Waals surface area contributed by atoms with Gasteiger partial charge in [0, 0.05) is 30.4 Å². The Bertz CT molecular complexity index is 211. The average Bonchev–Trinajstić information content (AvgIpc) is 1.97. The molecule has 0 radical (unpaired) electrons. The van der Waals surface area contributed by atoms with Gasteiger partial charge in [-0.1, -0.05) is 39.3 Å². The number of rotatable bonds is 7. The highest BCUT2D eigenvalue weighted by molar-refractivity contribution is 6.78. The van der Waals surface area contributed by atoms with E-state index in [1.54, 1.807) is 14.2 Å². The molecule has 0 rings (SSSR count). The molecule has 3 nitrogen and oxygen atoms in total. The largest absolute Gasteiger partial charge is 0.385 e. The Morgan fingerprint density at radius 2 is 1.18 bits per heavy atom. The molecule has 0 aromatic rings. The van der Waals surface area contributed by atoms with Gasteiger partial charge < -0.3 is 14.6 Å². The van der Waals surface area contributed by atoms with E-state index in [1.165, 1.54) is 0 Å². The van der Waals surface area contributed by atoms with E-state index in [1.807, 2.05) is 0 Å². The second-order valence-electron chi connectivity index (χ2n) is 7.38. The Labute approximate surface area is 109 Å². The smallest absolute Gasteiger partial charge is 0.185 e. The summed E-state index contributed by atoms with van der Waals surface area (Å²) in [6.45, 7) is 13.6. The maximum atomic E-state index is 11.0. The van der Waals surface area contributed by atoms with Gasteiger partial charge in [0.05, 0.1) is 0 Å². The molecule has 0 saturated heterocycles. The fourth-order valence-corrected chi connectivity index (χ4v) is 7.11. The Morgan fingerprint density at radius 3 is 1.35 bits per heavy atom. The lowest BCUT2D eigenvalue weighted by molar-refractivity contribution is -0.201. The summed E-state index contributed by atoms with van der Waals surface area (Å²) in [4.78, 5) is 0. The summed E-state index contributed by atoms with van der Waals surface area (Å²) < 4.78 is 10.7. The highest BCUT2D eigenvalue weighted by Gasteiger charge is 2.44. The Morgan fingerprint density at radius 1 is 0.882 bits per heavy atom. The van der Waals surface area contributed by atoms with E-state index in [0.717, 1.165) is 12.1 Å². The maximum absolute atomic E-state index is 11.0. The van der Waals surface area contributed by atoms with Crippen molar-refractivity contribution in [1.29, 1.82) is 0 Å². The van der Waals surface area contributed by atoms with Gasteiger partial charge in [0.2, 0.25) is 0 Å². The average molecular weight is 279 g/mol. The van der Waals surface area contributed by atoms with Crippen molar-refractivity contribution in [3.05, 3.63) is 0 Å². The van der Waals surface area contributed by atoms with Crippen LogP contribution in [0.5, 0.6) is 0 Å². The molecular weight excluding hydrogens is 248 g/mol. The highest BCUT2D eigenvalue weighted by Crippen LogP contribution is 2.34. The second kappa shape index (κ2) is 5.97. The third-order valence-electron chi connectivity index (χ3n) is 2.54. The predicted molar refractivity (Wildman–Crippen MR) is 79.1 cm³/mol. The van der Waals surface area contributed by atoms with E-state index < -0.39 is 28.0 Å². The van der Waals surface area contributed by atoms with Crippen LogP contribution in [0.15, 0.2) is 0 Å². The number of hydrogen-bond acceptors (Lipinski definition) is 3. The van der Waals surface area contributed by atoms with Gasteiger partial charge in [0.1, 0.15) is 5.60 Å². The van der Waals surface area contributed by atoms with Crippen molar-refractivity contribution in [3.8, 4) is 0 Å². The first-order valence-corrected chi connectivity index (χ1v) is 13.6. The van der Waals surface area contributed by atoms with Crippen molar-refractivity contribution in [2.24, 2.45) is 0 Å². The fraction of sp³-hybridized carbons (Fsp3) is 1.00. The van der Waals surface area contributed by atoms with Gasteiger partial charge in [-0.2, -0.15) is 0 Å². The molecule has 0 aromatic heterocycles. The molecule has 1 N–H and O–H groups in total. The SMILES string of the molecule is COC(OC)C(O)(C[Si](C)(C)C)C[Si](C)(C)C. The van der Waals surface area contributed by atoms with Crippen molar-refractivity contribution in [1.82, 2.24) is 0 Å². The Kier molecular flexibility index (Phi) is 6.08. The molecule has 0 amide bonds. The molecule has 0 aromatic carbocycles. The molecule has 0 aliphatic heterocycles. The molecule has 104 valence electrons. The zero-order valence-electron chi connectivity index (χ0n) is 12.8. The molecule has 0 aliphatic rings. The van der Waals surface area contributed by atoms with Crippen LogP contribution >= 0.6 is 0 Å². The molecule has 0 bridgehead atoms. The van der Waals surface area contributed by atoms with E-state index in [9.17, 15) is 5.11 Å². The number of hydrogen-bond donors (Lipinski definition) is 1. The minimum absolute atomic E-state index is 0.513. The van der Waals surface area contributed by atoms with Crippen LogP contribution < -0.4 is 0 Å². The van der Waals surface area contributed by atoms with Crippen LogP contribution in [0.4, 0.5) is 0 Å². The summed E-state index contributed by atoms with van der Waals surface area (Å²) in [6, 6.07) is 1.63. The summed E-state index contributed by atoms with van der Waals surface area (Å²) in [5.74, 6) is 0. The van der Waals surface area contributed by atoms with Crippen molar-refractivity contribution in [2.75, 3.05) is 14.2 Å². The van der Waals surface area contributed by atoms with Crippen LogP contribution in [0, 0.1) is 0 Å². The summed E-state index contributed by atoms with van der Waals surface area (Å²) >= 11 is 0. The molecule has 5 heteroatoms. The first kappa shape index (κ1) is 17.3. The summed E-state index contributed by atoms with van der Waals surface area (Å²) in [7, 11) is 0.458. The molecule has 17 heavy (non-hydrogen) atoms. The van der Waals surface area contributed by atoms with Gasteiger partial charge in [-0.15, -0.1) is 0 Å². The monoisotopic (exact) mass is 278 g/mol. The first-order chi connectivity index (χ1) is 7.43. The molecule has 0 aliphatic carbocycles. The van der Waals surface area contributed by atoms with Gasteiger partial charge in [0.25, 0.3) is 0 Å². The highest BCUT2D eigenvalue weighted by atomic mass is 28.3. The van der Waals surface area contributed by atoms with E-state index >= 15 is 0 Å². The van der Waals surface area contributed by atoms with Crippen LogP contribution in [0.3, 0.4) is 0 Å². The van der Waals surface area contributed by atoms with Crippen LogP contribution in [-0.2, 0) is 9.47 Å². The lowest BCUT2D eigenvalue weighted by Gasteiger charge is -2.41. The third kappa shape index (κ3) is 6.71. The van der Waals surface area contributed by atoms with Crippen molar-refractivity contribution in [3.63, 3.8) is 0 Å². The molecular formula is C12H30O3Si2. The minimum atomic E-state index is -1.38. The van der Waals surface area contributed by atoms with E-state index in [4.69, 9.17) is 9.47 Å². The van der Waals surface area contributed by atoms with Gasteiger partial charge in [-0.3, -0.25) is 0 Å². The maximum Gasteiger partial charge on any atom is 0.185 e. The second-order valence-corrected chi connectivity index (χ2v) is 18.3. The molecule has 0 fully saturated rings. The fourth-order valence-electron chi connectivity index (χ4n) is 2.60. The van der Waals surface area contributed by atoms with Crippen LogP contribution in [-0.4, -0.2) is 47.4 Å². The van der Waals surface area contributed by atoms with Crippen molar-refractivity contribution >= 4 is 16.1 Å². The van der Waals surface area contributed by atoms with Gasteiger partial charge in [-0.05, 0) is 12.1 Å². The van der Waals surface area contributed by atoms with Gasteiger partial charge in [-0.25, -0.2) is 0 Å². The van der Waals surface area contributed by atoms with E-state index in [0.29, 0.717) is 0 Å². The van der Waals surface area contributed by atoms with Crippen LogP contribution in [0.1, 0.15) is 0 Å². The zero-order chi connectivity index (χ0) is 13.9. The van der Waals surface area contributed by atoms with Gasteiger partial charge in [0.15, 0.2) is 6.29 Å². The predicted octanol–water partition coefficient (Wildman–Crippen LogP) is 3.01. The third-order valence-corrected chi connectivity index (χ3v) is 5.89. The number of aliphatic hydroxyl groups is 1. The van der Waals surface area contributed by atoms with Crippen molar-refractivity contribution < 1.29 is 14.6 Å². The topological polar surface area (TPSA) is 38.7 Å². The Balaban J connectivity index is 5.06. The lowest BCUT2D eigenvalue weighted by atomic mass is 10.1. The summed E-state index contributed by atoms with van der Waals surface area (Å²) in [5, 5.41) is 11.0. The standard InChI is InChI=1S/C12H30O3Si2/c1-14-11(15-2)12(13,9-16(3,4)5)10-17(6,7)8/h11,13H,9-10H2,1-8H3. The molecule has 0 atom stereocenters. The van der Waals surface area contributed by atoms with E-state index in [-0.39, 0.29) is 0 Å². The summed E-state index contributed by atoms with van der Waals surface area (Å²) in [6.07, 6.45) is -0.513. The van der Waals surface area contributed by atoms with Crippen LogP contribution in [0.25, 0.3) is 0 Å². The summed E-state index contributed by atoms with van der Waals surface area (Å²) in [5.41, 5.74) is -0.835. The molecule has 0 saturated carbocycles. The lowest BCUT2D eigenvalue weighted by Crippen LogP contribution is -2.52. The van der Waals surface area contributed by atoms with E-state index in [2.05, 4.69) is 39.3 Å². The number of methoxy groups -OCH3 is 2. The minimum Gasteiger partial charge on any atom is -0.385 e. The Hall–Kier alpha value is 0.314. The van der Waals surface area contributed by atoms with Crippen LogP contribution in [0.2, 0.25) is 51.4 Å². The molecule has 0 spiro atoms. The quantitative estimate of drug-likeness (QED) is 0.575. The molecule has 0 unspecified atom stereocenters. The first-order valence-electron chi connectivity index (χ1n) is 6.21.